The van der Waals surface area contributed by atoms with Crippen LogP contribution < -0.4 is 0 Å². The van der Waals surface area contributed by atoms with Crippen molar-refractivity contribution >= 4 is 0 Å². The Kier molecular flexibility index (Phi) is 3.33. The topological polar surface area (TPSA) is 3.24 Å². The van der Waals surface area contributed by atoms with Gasteiger partial charge in [0.2, 0.25) is 0 Å². The van der Waals surface area contributed by atoms with Crippen molar-refractivity contribution in [3.05, 3.63) is 0 Å². The maximum absolute atomic E-state index is 13.6. The second kappa shape index (κ2) is 3.95. The zero-order valence-electron chi connectivity index (χ0n) is 9.31. The van der Waals surface area contributed by atoms with Crippen LogP contribution in [0, 0.1) is 5.92 Å². The van der Waals surface area contributed by atoms with Crippen LogP contribution in [0.2, 0.25) is 0 Å². The van der Waals surface area contributed by atoms with Gasteiger partial charge in [-0.3, -0.25) is 4.90 Å². The van der Waals surface area contributed by atoms with Gasteiger partial charge in [-0.05, 0) is 39.7 Å². The van der Waals surface area contributed by atoms with Crippen LogP contribution in [0.25, 0.3) is 0 Å². The Bertz CT molecular complexity index is 162. The number of hydrogen-bond acceptors (Lipinski definition) is 1. The van der Waals surface area contributed by atoms with Crippen LogP contribution in [0.5, 0.6) is 0 Å². The van der Waals surface area contributed by atoms with E-state index >= 15 is 0 Å². The van der Waals surface area contributed by atoms with Gasteiger partial charge < -0.3 is 0 Å². The van der Waals surface area contributed by atoms with Crippen molar-refractivity contribution in [3.8, 4) is 0 Å². The lowest BCUT2D eigenvalue weighted by molar-refractivity contribution is 0.0270. The van der Waals surface area contributed by atoms with Crippen molar-refractivity contribution in [2.45, 2.75) is 52.2 Å². The number of halogens is 1. The Labute approximate surface area is 81.3 Å². The van der Waals surface area contributed by atoms with Gasteiger partial charge in [0.1, 0.15) is 6.17 Å². The zero-order valence-corrected chi connectivity index (χ0v) is 9.31. The highest BCUT2D eigenvalue weighted by atomic mass is 19.1. The molecule has 13 heavy (non-hydrogen) atoms. The lowest BCUT2D eigenvalue weighted by Gasteiger charge is -2.42. The summed E-state index contributed by atoms with van der Waals surface area (Å²) in [6, 6.07) is 0. The second-order valence-electron chi connectivity index (χ2n) is 5.09. The van der Waals surface area contributed by atoms with Crippen molar-refractivity contribution < 1.29 is 4.39 Å². The summed E-state index contributed by atoms with van der Waals surface area (Å²) >= 11 is 0. The molecule has 0 N–H and O–H groups in total. The van der Waals surface area contributed by atoms with Crippen molar-refractivity contribution in [1.82, 2.24) is 4.90 Å². The lowest BCUT2D eigenvalue weighted by Crippen LogP contribution is -2.50. The highest BCUT2D eigenvalue weighted by molar-refractivity contribution is 4.86. The molecule has 0 radical (unpaired) electrons. The van der Waals surface area contributed by atoms with Gasteiger partial charge in [0, 0.05) is 12.1 Å². The maximum atomic E-state index is 13.6. The third kappa shape index (κ3) is 2.67. The van der Waals surface area contributed by atoms with E-state index < -0.39 is 6.17 Å². The van der Waals surface area contributed by atoms with E-state index in [1.165, 1.54) is 0 Å². The zero-order chi connectivity index (χ0) is 10.1. The second-order valence-corrected chi connectivity index (χ2v) is 5.09. The fourth-order valence-electron chi connectivity index (χ4n) is 2.02. The summed E-state index contributed by atoms with van der Waals surface area (Å²) < 4.78 is 13.6. The van der Waals surface area contributed by atoms with Crippen LogP contribution in [-0.2, 0) is 0 Å². The third-order valence-electron chi connectivity index (χ3n) is 3.15. The molecule has 1 aliphatic heterocycles. The predicted molar refractivity (Wildman–Crippen MR) is 54.6 cm³/mol. The van der Waals surface area contributed by atoms with E-state index in [1.807, 2.05) is 0 Å². The minimum atomic E-state index is -0.613. The summed E-state index contributed by atoms with van der Waals surface area (Å²) in [5.74, 6) is 0.304. The summed E-state index contributed by atoms with van der Waals surface area (Å²) in [5.41, 5.74) is 0.128. The number of piperidine rings is 1. The molecule has 1 rings (SSSR count). The SMILES string of the molecule is CCC1CCN(C(C)(C)C)CC1F. The normalized spacial score (nSPS) is 32.1. The summed E-state index contributed by atoms with van der Waals surface area (Å²) in [6.07, 6.45) is 1.40. The van der Waals surface area contributed by atoms with Gasteiger partial charge in [0.25, 0.3) is 0 Å². The Morgan fingerprint density at radius 3 is 2.38 bits per heavy atom. The molecular weight excluding hydrogens is 165 g/mol. The van der Waals surface area contributed by atoms with Crippen LogP contribution in [0.15, 0.2) is 0 Å². The minimum absolute atomic E-state index is 0.128. The summed E-state index contributed by atoms with van der Waals surface area (Å²) in [7, 11) is 0. The number of nitrogens with zero attached hydrogens (tertiary/aromatic N) is 1. The monoisotopic (exact) mass is 187 g/mol. The molecule has 0 spiro atoms. The molecule has 1 fully saturated rings. The highest BCUT2D eigenvalue weighted by Crippen LogP contribution is 2.27. The van der Waals surface area contributed by atoms with Gasteiger partial charge in [-0.1, -0.05) is 13.3 Å². The number of likely N-dealkylation sites (tertiary alicyclic amines) is 1. The summed E-state index contributed by atoms with van der Waals surface area (Å²) in [4.78, 5) is 2.25. The van der Waals surface area contributed by atoms with E-state index in [2.05, 4.69) is 32.6 Å². The van der Waals surface area contributed by atoms with Crippen LogP contribution in [-0.4, -0.2) is 29.7 Å². The van der Waals surface area contributed by atoms with Crippen LogP contribution in [0.1, 0.15) is 40.5 Å². The van der Waals surface area contributed by atoms with E-state index in [4.69, 9.17) is 0 Å². The first-order valence-corrected chi connectivity index (χ1v) is 5.34. The molecule has 0 bridgehead atoms. The smallest absolute Gasteiger partial charge is 0.116 e. The average Bonchev–Trinajstić information content (AvgIpc) is 2.02. The van der Waals surface area contributed by atoms with Crippen molar-refractivity contribution in [2.24, 2.45) is 5.92 Å². The first-order valence-electron chi connectivity index (χ1n) is 5.34. The molecule has 2 atom stereocenters. The molecule has 2 unspecified atom stereocenters. The number of hydrogen-bond donors (Lipinski definition) is 0. The minimum Gasteiger partial charge on any atom is -0.296 e. The van der Waals surface area contributed by atoms with E-state index in [9.17, 15) is 4.39 Å². The standard InChI is InChI=1S/C11H22FN/c1-5-9-6-7-13(8-10(9)12)11(2,3)4/h9-10H,5-8H2,1-4H3. The molecular formula is C11H22FN. The molecule has 0 aromatic carbocycles. The van der Waals surface area contributed by atoms with Gasteiger partial charge in [-0.15, -0.1) is 0 Å². The largest absolute Gasteiger partial charge is 0.296 e. The quantitative estimate of drug-likeness (QED) is 0.610. The molecule has 0 amide bonds. The van der Waals surface area contributed by atoms with Gasteiger partial charge in [0.15, 0.2) is 0 Å². The van der Waals surface area contributed by atoms with E-state index in [-0.39, 0.29) is 5.54 Å². The maximum Gasteiger partial charge on any atom is 0.116 e. The predicted octanol–water partition coefficient (Wildman–Crippen LogP) is 2.85. The lowest BCUT2D eigenvalue weighted by atomic mass is 9.90. The Morgan fingerprint density at radius 2 is 2.00 bits per heavy atom. The molecule has 0 aromatic heterocycles. The van der Waals surface area contributed by atoms with E-state index in [0.29, 0.717) is 12.5 Å². The molecule has 1 aliphatic rings. The molecule has 0 saturated carbocycles. The van der Waals surface area contributed by atoms with Crippen LogP contribution in [0.3, 0.4) is 0 Å². The first kappa shape index (κ1) is 11.0. The molecule has 1 heterocycles. The van der Waals surface area contributed by atoms with Crippen molar-refractivity contribution in [2.75, 3.05) is 13.1 Å². The van der Waals surface area contributed by atoms with Gasteiger partial charge in [-0.2, -0.15) is 0 Å². The van der Waals surface area contributed by atoms with Gasteiger partial charge >= 0.3 is 0 Å². The molecule has 0 aromatic rings. The Morgan fingerprint density at radius 1 is 1.38 bits per heavy atom. The van der Waals surface area contributed by atoms with Crippen molar-refractivity contribution in [3.63, 3.8) is 0 Å². The highest BCUT2D eigenvalue weighted by Gasteiger charge is 2.32. The average molecular weight is 187 g/mol. The van der Waals surface area contributed by atoms with Crippen molar-refractivity contribution in [1.29, 1.82) is 0 Å². The third-order valence-corrected chi connectivity index (χ3v) is 3.15. The number of rotatable bonds is 1. The molecule has 2 heteroatoms. The summed E-state index contributed by atoms with van der Waals surface area (Å²) in [5, 5.41) is 0. The fourth-order valence-corrected chi connectivity index (χ4v) is 2.02. The Hall–Kier alpha value is -0.110. The Balaban J connectivity index is 2.51. The fraction of sp³-hybridized carbons (Fsp3) is 1.00. The number of alkyl halides is 1. The van der Waals surface area contributed by atoms with Crippen LogP contribution in [0.4, 0.5) is 4.39 Å². The summed E-state index contributed by atoms with van der Waals surface area (Å²) in [6.45, 7) is 10.2. The first-order chi connectivity index (χ1) is 5.95. The molecule has 1 saturated heterocycles. The van der Waals surface area contributed by atoms with E-state index in [0.717, 1.165) is 19.4 Å². The molecule has 0 aliphatic carbocycles. The van der Waals surface area contributed by atoms with E-state index in [1.54, 1.807) is 0 Å². The van der Waals surface area contributed by atoms with Gasteiger partial charge in [-0.25, -0.2) is 4.39 Å². The van der Waals surface area contributed by atoms with Gasteiger partial charge in [0.05, 0.1) is 0 Å². The molecule has 1 nitrogen and oxygen atoms in total. The molecule has 78 valence electrons. The van der Waals surface area contributed by atoms with Crippen LogP contribution >= 0.6 is 0 Å².